The number of ketones is 1. The third-order valence-corrected chi connectivity index (χ3v) is 5.62. The number of aryl methyl sites for hydroxylation is 2. The van der Waals surface area contributed by atoms with Crippen molar-refractivity contribution in [1.29, 1.82) is 0 Å². The molecule has 1 aliphatic rings. The molecule has 3 aromatic heterocycles. The first-order chi connectivity index (χ1) is 12.5. The number of aromatic amines is 1. The van der Waals surface area contributed by atoms with Gasteiger partial charge in [-0.2, -0.15) is 0 Å². The maximum atomic E-state index is 12.5. The molecule has 0 atom stereocenters. The quantitative estimate of drug-likeness (QED) is 0.562. The van der Waals surface area contributed by atoms with E-state index in [1.807, 2.05) is 0 Å². The predicted molar refractivity (Wildman–Crippen MR) is 95.9 cm³/mol. The molecule has 0 unspecified atom stereocenters. The highest BCUT2D eigenvalue weighted by Crippen LogP contribution is 2.28. The van der Waals surface area contributed by atoms with Crippen LogP contribution in [0.2, 0.25) is 0 Å². The average Bonchev–Trinajstić information content (AvgIpc) is 3.24. The van der Waals surface area contributed by atoms with Crippen molar-refractivity contribution < 1.29 is 14.3 Å². The van der Waals surface area contributed by atoms with Gasteiger partial charge in [-0.1, -0.05) is 0 Å². The maximum absolute atomic E-state index is 12.5. The smallest absolute Gasteiger partial charge is 0.355 e. The van der Waals surface area contributed by atoms with E-state index >= 15 is 0 Å². The molecule has 1 N–H and O–H groups in total. The van der Waals surface area contributed by atoms with Crippen LogP contribution in [0.3, 0.4) is 0 Å². The lowest BCUT2D eigenvalue weighted by atomic mass is 10.0. The van der Waals surface area contributed by atoms with Crippen molar-refractivity contribution in [3.05, 3.63) is 56.2 Å². The Morgan fingerprint density at radius 2 is 2.12 bits per heavy atom. The molecule has 0 saturated carbocycles. The van der Waals surface area contributed by atoms with Crippen LogP contribution in [0.1, 0.15) is 56.9 Å². The molecule has 8 heteroatoms. The number of hydrogen-bond donors (Lipinski definition) is 1. The molecule has 134 valence electrons. The van der Waals surface area contributed by atoms with E-state index in [0.29, 0.717) is 16.2 Å². The Bertz CT molecular complexity index is 1080. The predicted octanol–water partition coefficient (Wildman–Crippen LogP) is 2.52. The van der Waals surface area contributed by atoms with E-state index in [4.69, 9.17) is 4.74 Å². The van der Waals surface area contributed by atoms with Crippen molar-refractivity contribution in [2.75, 3.05) is 0 Å². The van der Waals surface area contributed by atoms with Crippen LogP contribution in [0.5, 0.6) is 0 Å². The number of ether oxygens (including phenoxy) is 1. The number of hydrogen-bond acceptors (Lipinski definition) is 6. The largest absolute Gasteiger partial charge is 0.455 e. The molecular weight excluding hydrogens is 354 g/mol. The number of fused-ring (bicyclic) bond motifs is 3. The number of esters is 1. The Kier molecular flexibility index (Phi) is 4.20. The lowest BCUT2D eigenvalue weighted by molar-refractivity contribution is 0.0461. The second-order valence-corrected chi connectivity index (χ2v) is 7.38. The Balaban J connectivity index is 1.54. The van der Waals surface area contributed by atoms with Gasteiger partial charge >= 0.3 is 5.97 Å². The zero-order valence-corrected chi connectivity index (χ0v) is 15.0. The molecule has 0 aromatic carbocycles. The van der Waals surface area contributed by atoms with E-state index < -0.39 is 5.97 Å². The third-order valence-electron chi connectivity index (χ3n) is 4.48. The second kappa shape index (κ2) is 6.53. The van der Waals surface area contributed by atoms with Gasteiger partial charge in [0.05, 0.1) is 5.69 Å². The van der Waals surface area contributed by atoms with Gasteiger partial charge in [-0.3, -0.25) is 14.0 Å². The third kappa shape index (κ3) is 2.96. The standard InChI is InChI=1S/C18H17N3O4S/c1-10(22)11-6-13(19-8-11)17(24)25-9-12-7-16(23)21-14-4-2-3-5-15(14)26-18(21)20-12/h6-8,19H,2-5,9H2,1H3. The fourth-order valence-electron chi connectivity index (χ4n) is 3.15. The Labute approximate surface area is 152 Å². The minimum atomic E-state index is -0.593. The van der Waals surface area contributed by atoms with Gasteiger partial charge in [-0.15, -0.1) is 11.3 Å². The average molecular weight is 371 g/mol. The van der Waals surface area contributed by atoms with Crippen LogP contribution in [0.4, 0.5) is 0 Å². The van der Waals surface area contributed by atoms with Gasteiger partial charge in [0.15, 0.2) is 10.7 Å². The number of nitrogens with one attached hydrogen (secondary N) is 1. The summed E-state index contributed by atoms with van der Waals surface area (Å²) >= 11 is 1.53. The van der Waals surface area contributed by atoms with Gasteiger partial charge in [0.1, 0.15) is 12.3 Å². The molecule has 3 heterocycles. The molecule has 1 aliphatic carbocycles. The van der Waals surface area contributed by atoms with E-state index in [1.165, 1.54) is 41.5 Å². The summed E-state index contributed by atoms with van der Waals surface area (Å²) in [5.41, 5.74) is 1.96. The molecule has 3 aromatic rings. The van der Waals surface area contributed by atoms with E-state index in [1.54, 1.807) is 4.40 Å². The maximum Gasteiger partial charge on any atom is 0.355 e. The number of aromatic nitrogens is 3. The van der Waals surface area contributed by atoms with Gasteiger partial charge in [-0.05, 0) is 38.7 Å². The van der Waals surface area contributed by atoms with Crippen LogP contribution in [0.25, 0.3) is 4.96 Å². The van der Waals surface area contributed by atoms with E-state index in [2.05, 4.69) is 9.97 Å². The minimum Gasteiger partial charge on any atom is -0.455 e. The molecule has 0 amide bonds. The minimum absolute atomic E-state index is 0.0957. The van der Waals surface area contributed by atoms with E-state index in [-0.39, 0.29) is 23.6 Å². The van der Waals surface area contributed by atoms with E-state index in [0.717, 1.165) is 31.4 Å². The first-order valence-corrected chi connectivity index (χ1v) is 9.24. The lowest BCUT2D eigenvalue weighted by Gasteiger charge is -2.10. The molecule has 0 saturated heterocycles. The topological polar surface area (TPSA) is 93.5 Å². The number of carbonyl (C=O) groups is 2. The summed E-state index contributed by atoms with van der Waals surface area (Å²) in [5.74, 6) is -0.730. The van der Waals surface area contributed by atoms with Gasteiger partial charge in [0.2, 0.25) is 0 Å². The number of nitrogens with zero attached hydrogens (tertiary/aromatic N) is 2. The normalized spacial score (nSPS) is 13.6. The number of H-pyrrole nitrogens is 1. The molecule has 0 radical (unpaired) electrons. The molecule has 7 nitrogen and oxygen atoms in total. The van der Waals surface area contributed by atoms with Crippen molar-refractivity contribution >= 4 is 28.1 Å². The van der Waals surface area contributed by atoms with Gasteiger partial charge in [0, 0.05) is 28.4 Å². The summed E-state index contributed by atoms with van der Waals surface area (Å²) in [6.45, 7) is 1.33. The highest BCUT2D eigenvalue weighted by molar-refractivity contribution is 7.17. The number of thiazole rings is 1. The first-order valence-electron chi connectivity index (χ1n) is 8.42. The summed E-state index contributed by atoms with van der Waals surface area (Å²) in [5, 5.41) is 0. The number of carbonyl (C=O) groups excluding carboxylic acids is 2. The summed E-state index contributed by atoms with van der Waals surface area (Å²) in [6.07, 6.45) is 5.57. The highest BCUT2D eigenvalue weighted by atomic mass is 32.1. The highest BCUT2D eigenvalue weighted by Gasteiger charge is 2.19. The van der Waals surface area contributed by atoms with Crippen LogP contribution >= 0.6 is 11.3 Å². The first kappa shape index (κ1) is 16.7. The molecule has 0 bridgehead atoms. The molecular formula is C18H17N3O4S. The van der Waals surface area contributed by atoms with Crippen molar-refractivity contribution in [3.63, 3.8) is 0 Å². The molecule has 4 rings (SSSR count). The van der Waals surface area contributed by atoms with Crippen LogP contribution in [0, 0.1) is 0 Å². The summed E-state index contributed by atoms with van der Waals surface area (Å²) in [6, 6.07) is 2.86. The Morgan fingerprint density at radius 1 is 1.31 bits per heavy atom. The van der Waals surface area contributed by atoms with Crippen LogP contribution in [-0.2, 0) is 24.2 Å². The molecule has 26 heavy (non-hydrogen) atoms. The van der Waals surface area contributed by atoms with Crippen molar-refractivity contribution in [3.8, 4) is 0 Å². The molecule has 0 aliphatic heterocycles. The molecule has 0 fully saturated rings. The lowest BCUT2D eigenvalue weighted by Crippen LogP contribution is -2.18. The van der Waals surface area contributed by atoms with Gasteiger partial charge in [0.25, 0.3) is 5.56 Å². The second-order valence-electron chi connectivity index (χ2n) is 6.32. The Morgan fingerprint density at radius 3 is 2.88 bits per heavy atom. The summed E-state index contributed by atoms with van der Waals surface area (Å²) in [7, 11) is 0. The zero-order valence-electron chi connectivity index (χ0n) is 14.2. The number of Topliss-reactive ketones (excluding diaryl/α,β-unsaturated/α-hetero) is 1. The van der Waals surface area contributed by atoms with Crippen LogP contribution in [-0.4, -0.2) is 26.1 Å². The van der Waals surface area contributed by atoms with Crippen LogP contribution in [0.15, 0.2) is 23.1 Å². The summed E-state index contributed by atoms with van der Waals surface area (Å²) < 4.78 is 6.90. The fourth-order valence-corrected chi connectivity index (χ4v) is 4.38. The van der Waals surface area contributed by atoms with E-state index in [9.17, 15) is 14.4 Å². The Hall–Kier alpha value is -2.74. The summed E-state index contributed by atoms with van der Waals surface area (Å²) in [4.78, 5) is 44.9. The monoisotopic (exact) mass is 371 g/mol. The van der Waals surface area contributed by atoms with Gasteiger partial charge in [-0.25, -0.2) is 9.78 Å². The van der Waals surface area contributed by atoms with Crippen molar-refractivity contribution in [1.82, 2.24) is 14.4 Å². The SMILES string of the molecule is CC(=O)c1c[nH]c(C(=O)OCc2cc(=O)n3c4c(sc3n2)CCCC4)c1. The van der Waals surface area contributed by atoms with Crippen molar-refractivity contribution in [2.45, 2.75) is 39.2 Å². The van der Waals surface area contributed by atoms with Crippen LogP contribution < -0.4 is 5.56 Å². The van der Waals surface area contributed by atoms with Gasteiger partial charge < -0.3 is 9.72 Å². The van der Waals surface area contributed by atoms with Crippen molar-refractivity contribution in [2.24, 2.45) is 0 Å². The molecule has 0 spiro atoms. The fraction of sp³-hybridized carbons (Fsp3) is 0.333. The number of rotatable bonds is 4. The zero-order chi connectivity index (χ0) is 18.3.